The summed E-state index contributed by atoms with van der Waals surface area (Å²) < 4.78 is 21.3. The first kappa shape index (κ1) is 23.0. The number of halogens is 1. The summed E-state index contributed by atoms with van der Waals surface area (Å²) in [4.78, 5) is 20.8. The summed E-state index contributed by atoms with van der Waals surface area (Å²) in [6, 6.07) is 10.1. The Hall–Kier alpha value is -3.15. The van der Waals surface area contributed by atoms with Crippen molar-refractivity contribution in [3.63, 3.8) is 0 Å². The van der Waals surface area contributed by atoms with E-state index in [-0.39, 0.29) is 11.7 Å². The molecule has 4 rings (SSSR count). The molecule has 0 saturated heterocycles. The standard InChI is InChI=1S/C22H21FN6O2S2/c1-31-11-5-10-25-21(30)17-13-32-19(26-17)14-33-22-28-27-20(15-6-4-9-24-12-15)29(22)18-8-3-2-7-16(18)23/h2-4,6-9,12-13H,5,10-11,14H2,1H3,(H,25,30). The topological polar surface area (TPSA) is 94.8 Å². The van der Waals surface area contributed by atoms with Gasteiger partial charge in [-0.1, -0.05) is 23.9 Å². The summed E-state index contributed by atoms with van der Waals surface area (Å²) in [5.74, 6) is 0.352. The number of amides is 1. The third kappa shape index (κ3) is 5.62. The highest BCUT2D eigenvalue weighted by molar-refractivity contribution is 7.98. The predicted molar refractivity (Wildman–Crippen MR) is 125 cm³/mol. The van der Waals surface area contributed by atoms with E-state index in [4.69, 9.17) is 4.74 Å². The van der Waals surface area contributed by atoms with Crippen LogP contribution >= 0.6 is 23.1 Å². The number of hydrogen-bond acceptors (Lipinski definition) is 8. The van der Waals surface area contributed by atoms with Crippen LogP contribution in [0.3, 0.4) is 0 Å². The summed E-state index contributed by atoms with van der Waals surface area (Å²) >= 11 is 2.76. The Morgan fingerprint density at radius 2 is 2.12 bits per heavy atom. The quantitative estimate of drug-likeness (QED) is 0.269. The second kappa shape index (κ2) is 11.1. The van der Waals surface area contributed by atoms with Crippen molar-refractivity contribution in [1.82, 2.24) is 30.0 Å². The lowest BCUT2D eigenvalue weighted by molar-refractivity contribution is 0.0944. The predicted octanol–water partition coefficient (Wildman–Crippen LogP) is 3.98. The van der Waals surface area contributed by atoms with Crippen LogP contribution in [0, 0.1) is 5.82 Å². The van der Waals surface area contributed by atoms with Crippen LogP contribution in [0.25, 0.3) is 17.1 Å². The van der Waals surface area contributed by atoms with Crippen LogP contribution in [0.15, 0.2) is 59.3 Å². The maximum absolute atomic E-state index is 14.7. The van der Waals surface area contributed by atoms with Crippen molar-refractivity contribution in [2.45, 2.75) is 17.3 Å². The fraction of sp³-hybridized carbons (Fsp3) is 0.227. The van der Waals surface area contributed by atoms with Gasteiger partial charge in [0.15, 0.2) is 11.0 Å². The fourth-order valence-corrected chi connectivity index (χ4v) is 4.75. The van der Waals surface area contributed by atoms with Gasteiger partial charge in [-0.25, -0.2) is 9.37 Å². The highest BCUT2D eigenvalue weighted by Gasteiger charge is 2.19. The molecule has 0 aliphatic heterocycles. The second-order valence-electron chi connectivity index (χ2n) is 6.85. The van der Waals surface area contributed by atoms with Gasteiger partial charge in [0, 0.05) is 43.6 Å². The van der Waals surface area contributed by atoms with E-state index in [0.717, 1.165) is 17.0 Å². The SMILES string of the molecule is COCCCNC(=O)c1csc(CSc2nnc(-c3cccnc3)n2-c2ccccc2F)n1. The van der Waals surface area contributed by atoms with Crippen molar-refractivity contribution in [3.8, 4) is 17.1 Å². The highest BCUT2D eigenvalue weighted by atomic mass is 32.2. The molecule has 0 aliphatic rings. The number of methoxy groups -OCH3 is 1. The van der Waals surface area contributed by atoms with Gasteiger partial charge in [-0.2, -0.15) is 0 Å². The molecule has 0 fully saturated rings. The average Bonchev–Trinajstić information content (AvgIpc) is 3.49. The minimum Gasteiger partial charge on any atom is -0.385 e. The molecule has 0 unspecified atom stereocenters. The summed E-state index contributed by atoms with van der Waals surface area (Å²) in [6.07, 6.45) is 4.06. The Labute approximate surface area is 198 Å². The van der Waals surface area contributed by atoms with E-state index >= 15 is 0 Å². The van der Waals surface area contributed by atoms with E-state index in [1.54, 1.807) is 53.7 Å². The normalized spacial score (nSPS) is 11.0. The second-order valence-corrected chi connectivity index (χ2v) is 8.74. The number of carbonyl (C=O) groups excluding carboxylic acids is 1. The van der Waals surface area contributed by atoms with Crippen molar-refractivity contribution in [3.05, 3.63) is 70.7 Å². The summed E-state index contributed by atoms with van der Waals surface area (Å²) in [5.41, 5.74) is 1.44. The van der Waals surface area contributed by atoms with Crippen LogP contribution in [-0.2, 0) is 10.5 Å². The van der Waals surface area contributed by atoms with Crippen LogP contribution < -0.4 is 5.32 Å². The molecule has 0 bridgehead atoms. The minimum atomic E-state index is -0.383. The zero-order chi connectivity index (χ0) is 23.0. The number of carbonyl (C=O) groups is 1. The molecular formula is C22H21FN6O2S2. The van der Waals surface area contributed by atoms with Crippen LogP contribution in [0.2, 0.25) is 0 Å². The van der Waals surface area contributed by atoms with Gasteiger partial charge >= 0.3 is 0 Å². The Morgan fingerprint density at radius 3 is 2.91 bits per heavy atom. The number of benzene rings is 1. The van der Waals surface area contributed by atoms with E-state index in [1.165, 1.54) is 29.2 Å². The lowest BCUT2D eigenvalue weighted by Gasteiger charge is -2.10. The smallest absolute Gasteiger partial charge is 0.270 e. The molecule has 1 N–H and O–H groups in total. The van der Waals surface area contributed by atoms with Gasteiger partial charge in [0.25, 0.3) is 5.91 Å². The van der Waals surface area contributed by atoms with Crippen molar-refractivity contribution in [1.29, 1.82) is 0 Å². The number of para-hydroxylation sites is 1. The molecule has 33 heavy (non-hydrogen) atoms. The van der Waals surface area contributed by atoms with Crippen molar-refractivity contribution in [2.75, 3.05) is 20.3 Å². The third-order valence-electron chi connectivity index (χ3n) is 4.57. The van der Waals surface area contributed by atoms with Gasteiger partial charge < -0.3 is 10.1 Å². The molecule has 1 aromatic carbocycles. The van der Waals surface area contributed by atoms with Crippen LogP contribution in [0.5, 0.6) is 0 Å². The van der Waals surface area contributed by atoms with Crippen LogP contribution in [0.1, 0.15) is 21.9 Å². The number of rotatable bonds is 10. The van der Waals surface area contributed by atoms with Gasteiger partial charge in [-0.15, -0.1) is 21.5 Å². The molecule has 3 aromatic heterocycles. The molecule has 0 radical (unpaired) electrons. The molecule has 0 aliphatic carbocycles. The zero-order valence-electron chi connectivity index (χ0n) is 17.8. The zero-order valence-corrected chi connectivity index (χ0v) is 19.4. The minimum absolute atomic E-state index is 0.216. The number of nitrogens with one attached hydrogen (secondary N) is 1. The first-order valence-electron chi connectivity index (χ1n) is 10.1. The molecule has 11 heteroatoms. The molecule has 4 aromatic rings. The van der Waals surface area contributed by atoms with Gasteiger partial charge in [-0.3, -0.25) is 14.3 Å². The summed E-state index contributed by atoms with van der Waals surface area (Å²) in [7, 11) is 1.62. The molecule has 3 heterocycles. The first-order valence-corrected chi connectivity index (χ1v) is 12.0. The number of hydrogen-bond donors (Lipinski definition) is 1. The Morgan fingerprint density at radius 1 is 1.24 bits per heavy atom. The molecule has 0 atom stereocenters. The summed E-state index contributed by atoms with van der Waals surface area (Å²) in [6.45, 7) is 1.11. The number of ether oxygens (including phenoxy) is 1. The fourth-order valence-electron chi connectivity index (χ4n) is 3.01. The van der Waals surface area contributed by atoms with Crippen LogP contribution in [-0.4, -0.2) is 50.9 Å². The molecule has 0 spiro atoms. The molecule has 170 valence electrons. The molecule has 1 amide bonds. The Kier molecular flexibility index (Phi) is 7.76. The van der Waals surface area contributed by atoms with E-state index in [0.29, 0.717) is 41.3 Å². The Bertz CT molecular complexity index is 1210. The van der Waals surface area contributed by atoms with Crippen LogP contribution in [0.4, 0.5) is 4.39 Å². The number of thiazole rings is 1. The number of nitrogens with zero attached hydrogens (tertiary/aromatic N) is 5. The third-order valence-corrected chi connectivity index (χ3v) is 6.54. The monoisotopic (exact) mass is 484 g/mol. The maximum atomic E-state index is 14.7. The van der Waals surface area contributed by atoms with Gasteiger partial charge in [0.1, 0.15) is 16.5 Å². The van der Waals surface area contributed by atoms with Crippen molar-refractivity contribution >= 4 is 29.0 Å². The van der Waals surface area contributed by atoms with Gasteiger partial charge in [0.05, 0.1) is 11.4 Å². The van der Waals surface area contributed by atoms with Gasteiger partial charge in [-0.05, 0) is 30.7 Å². The summed E-state index contributed by atoms with van der Waals surface area (Å²) in [5, 5.41) is 14.4. The van der Waals surface area contributed by atoms with Crippen molar-refractivity contribution in [2.24, 2.45) is 0 Å². The van der Waals surface area contributed by atoms with E-state index in [2.05, 4.69) is 25.5 Å². The maximum Gasteiger partial charge on any atom is 0.270 e. The number of thioether (sulfide) groups is 1. The molecular weight excluding hydrogens is 463 g/mol. The average molecular weight is 485 g/mol. The van der Waals surface area contributed by atoms with E-state index in [1.807, 2.05) is 6.07 Å². The Balaban J connectivity index is 1.53. The van der Waals surface area contributed by atoms with E-state index in [9.17, 15) is 9.18 Å². The van der Waals surface area contributed by atoms with Gasteiger partial charge in [0.2, 0.25) is 0 Å². The lowest BCUT2D eigenvalue weighted by Crippen LogP contribution is -2.25. The highest BCUT2D eigenvalue weighted by Crippen LogP contribution is 2.31. The molecule has 8 nitrogen and oxygen atoms in total. The number of aromatic nitrogens is 5. The van der Waals surface area contributed by atoms with E-state index < -0.39 is 0 Å². The first-order chi connectivity index (χ1) is 16.2. The molecule has 0 saturated carbocycles. The number of pyridine rings is 1. The lowest BCUT2D eigenvalue weighted by atomic mass is 10.2. The largest absolute Gasteiger partial charge is 0.385 e. The van der Waals surface area contributed by atoms with Crippen molar-refractivity contribution < 1.29 is 13.9 Å².